The molecule has 0 atom stereocenters. The van der Waals surface area contributed by atoms with Gasteiger partial charge in [-0.3, -0.25) is 0 Å². The Morgan fingerprint density at radius 2 is 1.02 bits per heavy atom. The average molecular weight is 564 g/mol. The van der Waals surface area contributed by atoms with Crippen molar-refractivity contribution in [1.82, 2.24) is 0 Å². The lowest BCUT2D eigenvalue weighted by Crippen LogP contribution is -2.17. The van der Waals surface area contributed by atoms with Crippen LogP contribution in [0.3, 0.4) is 0 Å². The molecule has 7 aromatic carbocycles. The molecule has 0 heterocycles. The number of fused-ring (bicyclic) bond motifs is 4. The number of anilines is 3. The van der Waals surface area contributed by atoms with Crippen molar-refractivity contribution in [2.45, 2.75) is 19.3 Å². The molecular formula is C43H33N. The summed E-state index contributed by atoms with van der Waals surface area (Å²) in [5.74, 6) is 0. The first-order valence-electron chi connectivity index (χ1n) is 15.4. The summed E-state index contributed by atoms with van der Waals surface area (Å²) >= 11 is 0. The van der Waals surface area contributed by atoms with E-state index in [-0.39, 0.29) is 5.41 Å². The van der Waals surface area contributed by atoms with E-state index in [0.717, 1.165) is 17.1 Å². The summed E-state index contributed by atoms with van der Waals surface area (Å²) in [4.78, 5) is 2.44. The van der Waals surface area contributed by atoms with Gasteiger partial charge in [-0.1, -0.05) is 141 Å². The second kappa shape index (κ2) is 10.4. The molecule has 1 aliphatic rings. The fourth-order valence-electron chi connectivity index (χ4n) is 6.98. The van der Waals surface area contributed by atoms with Gasteiger partial charge in [-0.2, -0.15) is 0 Å². The number of hydrogen-bond donors (Lipinski definition) is 0. The predicted octanol–water partition coefficient (Wildman–Crippen LogP) is 11.9. The maximum absolute atomic E-state index is 2.44. The van der Waals surface area contributed by atoms with E-state index in [1.165, 1.54) is 55.3 Å². The highest BCUT2D eigenvalue weighted by atomic mass is 15.1. The Kier molecular flexibility index (Phi) is 6.20. The van der Waals surface area contributed by atoms with Gasteiger partial charge in [0, 0.05) is 22.4 Å². The van der Waals surface area contributed by atoms with Crippen LogP contribution in [-0.2, 0) is 5.41 Å². The van der Waals surface area contributed by atoms with Gasteiger partial charge in [0.15, 0.2) is 0 Å². The van der Waals surface area contributed by atoms with Gasteiger partial charge in [0.25, 0.3) is 0 Å². The van der Waals surface area contributed by atoms with E-state index in [1.807, 2.05) is 0 Å². The molecule has 0 saturated heterocycles. The van der Waals surface area contributed by atoms with E-state index in [0.29, 0.717) is 0 Å². The molecule has 0 aromatic heterocycles. The minimum atomic E-state index is -0.0838. The first kappa shape index (κ1) is 26.2. The third kappa shape index (κ3) is 4.32. The molecule has 7 aromatic rings. The Morgan fingerprint density at radius 3 is 1.89 bits per heavy atom. The first-order valence-corrected chi connectivity index (χ1v) is 15.4. The van der Waals surface area contributed by atoms with Crippen LogP contribution in [-0.4, -0.2) is 0 Å². The van der Waals surface area contributed by atoms with E-state index in [9.17, 15) is 0 Å². The van der Waals surface area contributed by atoms with Crippen LogP contribution in [0.25, 0.3) is 44.2 Å². The van der Waals surface area contributed by atoms with Crippen LogP contribution in [0.1, 0.15) is 25.0 Å². The van der Waals surface area contributed by atoms with Crippen molar-refractivity contribution in [1.29, 1.82) is 0 Å². The molecule has 0 fully saturated rings. The zero-order valence-corrected chi connectivity index (χ0v) is 25.0. The highest BCUT2D eigenvalue weighted by Gasteiger charge is 2.35. The number of rotatable bonds is 5. The van der Waals surface area contributed by atoms with Gasteiger partial charge in [0.1, 0.15) is 0 Å². The van der Waals surface area contributed by atoms with Gasteiger partial charge >= 0.3 is 0 Å². The van der Waals surface area contributed by atoms with Crippen molar-refractivity contribution in [2.75, 3.05) is 4.90 Å². The standard InChI is InChI=1S/C43H33N/c1-43(2)40-21-10-8-20-38(40)39-26-25-36(29-41(39)43)44(42-22-11-9-19-37(42)31-14-4-3-5-15-31)35-18-12-17-33(28-35)34-24-23-30-13-6-7-16-32(30)27-34/h3-29H,1-2H3. The molecule has 0 N–H and O–H groups in total. The molecule has 0 saturated carbocycles. The lowest BCUT2D eigenvalue weighted by molar-refractivity contribution is 0.660. The molecule has 0 radical (unpaired) electrons. The lowest BCUT2D eigenvalue weighted by atomic mass is 9.82. The van der Waals surface area contributed by atoms with Crippen molar-refractivity contribution < 1.29 is 0 Å². The van der Waals surface area contributed by atoms with Crippen LogP contribution in [0.4, 0.5) is 17.1 Å². The van der Waals surface area contributed by atoms with Crippen molar-refractivity contribution in [3.05, 3.63) is 175 Å². The maximum atomic E-state index is 2.44. The van der Waals surface area contributed by atoms with E-state index >= 15 is 0 Å². The van der Waals surface area contributed by atoms with Crippen molar-refractivity contribution >= 4 is 27.8 Å². The highest BCUT2D eigenvalue weighted by Crippen LogP contribution is 2.51. The van der Waals surface area contributed by atoms with Crippen LogP contribution in [0.15, 0.2) is 164 Å². The Hall–Kier alpha value is -5.40. The van der Waals surface area contributed by atoms with Crippen LogP contribution >= 0.6 is 0 Å². The molecule has 44 heavy (non-hydrogen) atoms. The normalized spacial score (nSPS) is 13.0. The zero-order chi connectivity index (χ0) is 29.7. The van der Waals surface area contributed by atoms with Crippen molar-refractivity contribution in [2.24, 2.45) is 0 Å². The van der Waals surface area contributed by atoms with Gasteiger partial charge in [-0.05, 0) is 86.1 Å². The Balaban J connectivity index is 1.33. The van der Waals surface area contributed by atoms with Crippen LogP contribution in [0, 0.1) is 0 Å². The number of hydrogen-bond acceptors (Lipinski definition) is 1. The van der Waals surface area contributed by atoms with Gasteiger partial charge in [0.05, 0.1) is 5.69 Å². The molecule has 0 bridgehead atoms. The summed E-state index contributed by atoms with van der Waals surface area (Å²) in [5.41, 5.74) is 13.6. The Labute approximate surface area is 259 Å². The summed E-state index contributed by atoms with van der Waals surface area (Å²) in [6.07, 6.45) is 0. The Bertz CT molecular complexity index is 2150. The molecule has 0 spiro atoms. The van der Waals surface area contributed by atoms with Gasteiger partial charge in [-0.25, -0.2) is 0 Å². The first-order chi connectivity index (χ1) is 21.6. The van der Waals surface area contributed by atoms with Crippen LogP contribution in [0.5, 0.6) is 0 Å². The molecule has 0 unspecified atom stereocenters. The fraction of sp³-hybridized carbons (Fsp3) is 0.0698. The minimum Gasteiger partial charge on any atom is -0.310 e. The molecule has 8 rings (SSSR count). The van der Waals surface area contributed by atoms with Crippen LogP contribution < -0.4 is 4.90 Å². The van der Waals surface area contributed by atoms with E-state index in [1.54, 1.807) is 0 Å². The third-order valence-electron chi connectivity index (χ3n) is 9.24. The summed E-state index contributed by atoms with van der Waals surface area (Å²) in [6.45, 7) is 4.70. The number of nitrogens with zero attached hydrogens (tertiary/aromatic N) is 1. The largest absolute Gasteiger partial charge is 0.310 e. The summed E-state index contributed by atoms with van der Waals surface area (Å²) in [6, 6.07) is 59.7. The Morgan fingerprint density at radius 1 is 0.386 bits per heavy atom. The quantitative estimate of drug-likeness (QED) is 0.201. The number of benzene rings is 7. The molecule has 1 aliphatic carbocycles. The maximum Gasteiger partial charge on any atom is 0.0540 e. The summed E-state index contributed by atoms with van der Waals surface area (Å²) in [7, 11) is 0. The van der Waals surface area contributed by atoms with Gasteiger partial charge in [-0.15, -0.1) is 0 Å². The monoisotopic (exact) mass is 563 g/mol. The highest BCUT2D eigenvalue weighted by molar-refractivity contribution is 5.92. The third-order valence-corrected chi connectivity index (χ3v) is 9.24. The topological polar surface area (TPSA) is 3.24 Å². The molecule has 0 amide bonds. The van der Waals surface area contributed by atoms with Crippen molar-refractivity contribution in [3.63, 3.8) is 0 Å². The average Bonchev–Trinajstić information content (AvgIpc) is 3.31. The van der Waals surface area contributed by atoms with Gasteiger partial charge < -0.3 is 4.90 Å². The molecule has 0 aliphatic heterocycles. The second-order valence-corrected chi connectivity index (χ2v) is 12.2. The molecule has 1 nitrogen and oxygen atoms in total. The predicted molar refractivity (Wildman–Crippen MR) is 187 cm³/mol. The lowest BCUT2D eigenvalue weighted by Gasteiger charge is -2.30. The van der Waals surface area contributed by atoms with Crippen molar-refractivity contribution in [3.8, 4) is 33.4 Å². The van der Waals surface area contributed by atoms with Crippen LogP contribution in [0.2, 0.25) is 0 Å². The number of para-hydroxylation sites is 1. The van der Waals surface area contributed by atoms with E-state index in [2.05, 4.69) is 183 Å². The summed E-state index contributed by atoms with van der Waals surface area (Å²) in [5, 5.41) is 2.51. The van der Waals surface area contributed by atoms with E-state index in [4.69, 9.17) is 0 Å². The SMILES string of the molecule is CC1(C)c2ccccc2-c2ccc(N(c3cccc(-c4ccc5ccccc5c4)c3)c3ccccc3-c3ccccc3)cc21. The second-order valence-electron chi connectivity index (χ2n) is 12.2. The molecule has 210 valence electrons. The zero-order valence-electron chi connectivity index (χ0n) is 25.0. The fourth-order valence-corrected chi connectivity index (χ4v) is 6.98. The van der Waals surface area contributed by atoms with E-state index < -0.39 is 0 Å². The smallest absolute Gasteiger partial charge is 0.0540 e. The minimum absolute atomic E-state index is 0.0838. The molecule has 1 heteroatoms. The van der Waals surface area contributed by atoms with Gasteiger partial charge in [0.2, 0.25) is 0 Å². The molecular weight excluding hydrogens is 530 g/mol. The summed E-state index contributed by atoms with van der Waals surface area (Å²) < 4.78 is 0.